The highest BCUT2D eigenvalue weighted by Gasteiger charge is 2.01. The summed E-state index contributed by atoms with van der Waals surface area (Å²) in [6.45, 7) is 4.15. The first kappa shape index (κ1) is 9.54. The van der Waals surface area contributed by atoms with E-state index in [2.05, 4.69) is 13.0 Å². The zero-order chi connectivity index (χ0) is 7.28. The molecule has 0 unspecified atom stereocenters. The van der Waals surface area contributed by atoms with Crippen LogP contribution < -0.4 is 0 Å². The quantitative estimate of drug-likeness (QED) is 0.466. The second-order valence-electron chi connectivity index (χ2n) is 2.04. The van der Waals surface area contributed by atoms with E-state index >= 15 is 0 Å². The van der Waals surface area contributed by atoms with Gasteiger partial charge in [-0.3, -0.25) is 0 Å². The standard InChI is InChI=1S/C6H12Cl2Si/c1-3-4-5-6(2)9(7)8/h5,9H,3-4H2,1-2H3. The molecule has 0 heterocycles. The van der Waals surface area contributed by atoms with Gasteiger partial charge in [-0.1, -0.05) is 24.6 Å². The first-order chi connectivity index (χ1) is 4.18. The summed E-state index contributed by atoms with van der Waals surface area (Å²) in [6, 6.07) is 0. The van der Waals surface area contributed by atoms with Crippen molar-refractivity contribution in [2.45, 2.75) is 26.7 Å². The van der Waals surface area contributed by atoms with Crippen LogP contribution >= 0.6 is 22.2 Å². The smallest absolute Gasteiger partial charge is 0.145 e. The molecule has 0 aromatic heterocycles. The molecular weight excluding hydrogens is 171 g/mol. The second kappa shape index (κ2) is 5.33. The van der Waals surface area contributed by atoms with Gasteiger partial charge in [-0.25, -0.2) is 0 Å². The van der Waals surface area contributed by atoms with E-state index in [4.69, 9.17) is 22.2 Å². The van der Waals surface area contributed by atoms with E-state index in [0.29, 0.717) is 0 Å². The highest BCUT2D eigenvalue weighted by molar-refractivity contribution is 7.36. The Morgan fingerprint density at radius 1 is 1.56 bits per heavy atom. The highest BCUT2D eigenvalue weighted by Crippen LogP contribution is 2.09. The third-order valence-corrected chi connectivity index (χ3v) is 4.09. The van der Waals surface area contributed by atoms with Gasteiger partial charge in [0.25, 0.3) is 7.42 Å². The van der Waals surface area contributed by atoms with Crippen LogP contribution in [0, 0.1) is 0 Å². The number of halogens is 2. The van der Waals surface area contributed by atoms with Gasteiger partial charge >= 0.3 is 0 Å². The third-order valence-electron chi connectivity index (χ3n) is 1.10. The summed E-state index contributed by atoms with van der Waals surface area (Å²) in [7, 11) is -1.49. The molecule has 0 spiro atoms. The molecule has 0 rings (SSSR count). The normalized spacial score (nSPS) is 12.8. The van der Waals surface area contributed by atoms with Gasteiger partial charge in [-0.2, -0.15) is 0 Å². The lowest BCUT2D eigenvalue weighted by atomic mass is 10.3. The van der Waals surface area contributed by atoms with Crippen LogP contribution in [0.25, 0.3) is 0 Å². The summed E-state index contributed by atoms with van der Waals surface area (Å²) < 4.78 is 0. The van der Waals surface area contributed by atoms with Crippen LogP contribution in [0.3, 0.4) is 0 Å². The molecule has 54 valence electrons. The second-order valence-corrected chi connectivity index (χ2v) is 6.84. The maximum absolute atomic E-state index is 5.70. The van der Waals surface area contributed by atoms with Gasteiger partial charge in [0, 0.05) is 0 Å². The lowest BCUT2D eigenvalue weighted by Crippen LogP contribution is -1.94. The fourth-order valence-corrected chi connectivity index (χ4v) is 1.34. The third kappa shape index (κ3) is 5.01. The van der Waals surface area contributed by atoms with Gasteiger partial charge in [-0.05, 0) is 13.3 Å². The number of hydrogen-bond acceptors (Lipinski definition) is 0. The van der Waals surface area contributed by atoms with Gasteiger partial charge in [0.15, 0.2) is 0 Å². The van der Waals surface area contributed by atoms with Gasteiger partial charge in [0.05, 0.1) is 0 Å². The van der Waals surface area contributed by atoms with Crippen molar-refractivity contribution in [2.75, 3.05) is 0 Å². The molecular formula is C6H12Cl2Si. The minimum absolute atomic E-state index is 1.11. The highest BCUT2D eigenvalue weighted by atomic mass is 35.7. The molecule has 0 saturated carbocycles. The average Bonchev–Trinajstić information content (AvgIpc) is 1.82. The van der Waals surface area contributed by atoms with Crippen molar-refractivity contribution in [1.29, 1.82) is 0 Å². The predicted octanol–water partition coefficient (Wildman–Crippen LogP) is 2.97. The zero-order valence-corrected chi connectivity index (χ0v) is 8.49. The molecule has 0 amide bonds. The van der Waals surface area contributed by atoms with E-state index < -0.39 is 7.42 Å². The van der Waals surface area contributed by atoms with Crippen LogP contribution in [0.1, 0.15) is 26.7 Å². The molecule has 0 nitrogen and oxygen atoms in total. The van der Waals surface area contributed by atoms with Crippen molar-refractivity contribution < 1.29 is 0 Å². The summed E-state index contributed by atoms with van der Waals surface area (Å²) in [5.41, 5.74) is 0. The number of allylic oxidation sites excluding steroid dienone is 2. The summed E-state index contributed by atoms with van der Waals surface area (Å²) in [5, 5.41) is 1.19. The largest absolute Gasteiger partial charge is 0.262 e. The van der Waals surface area contributed by atoms with E-state index in [0.717, 1.165) is 6.42 Å². The lowest BCUT2D eigenvalue weighted by Gasteiger charge is -1.96. The Morgan fingerprint density at radius 2 is 2.11 bits per heavy atom. The predicted molar refractivity (Wildman–Crippen MR) is 47.5 cm³/mol. The average molecular weight is 183 g/mol. The van der Waals surface area contributed by atoms with E-state index in [-0.39, 0.29) is 0 Å². The molecule has 0 aliphatic carbocycles. The molecule has 0 bridgehead atoms. The van der Waals surface area contributed by atoms with Gasteiger partial charge < -0.3 is 0 Å². The molecule has 0 N–H and O–H groups in total. The minimum Gasteiger partial charge on any atom is -0.145 e. The maximum Gasteiger partial charge on any atom is 0.262 e. The van der Waals surface area contributed by atoms with Crippen molar-refractivity contribution in [1.82, 2.24) is 0 Å². The van der Waals surface area contributed by atoms with Crippen LogP contribution in [-0.2, 0) is 0 Å². The Balaban J connectivity index is 3.55. The summed E-state index contributed by atoms with van der Waals surface area (Å²) >= 11 is 11.4. The summed E-state index contributed by atoms with van der Waals surface area (Å²) in [6.07, 6.45) is 4.41. The van der Waals surface area contributed by atoms with Crippen LogP contribution in [0.2, 0.25) is 0 Å². The number of rotatable bonds is 3. The van der Waals surface area contributed by atoms with Crippen molar-refractivity contribution in [3.63, 3.8) is 0 Å². The van der Waals surface area contributed by atoms with E-state index in [9.17, 15) is 0 Å². The Hall–Kier alpha value is 0.537. The van der Waals surface area contributed by atoms with Crippen molar-refractivity contribution in [3.8, 4) is 0 Å². The molecule has 0 atom stereocenters. The Morgan fingerprint density at radius 3 is 2.44 bits per heavy atom. The van der Waals surface area contributed by atoms with Crippen LogP contribution in [-0.4, -0.2) is 7.42 Å². The molecule has 0 fully saturated rings. The fourth-order valence-electron chi connectivity index (χ4n) is 0.461. The van der Waals surface area contributed by atoms with E-state index in [1.165, 1.54) is 11.6 Å². The zero-order valence-electron chi connectivity index (χ0n) is 5.82. The maximum atomic E-state index is 5.70. The topological polar surface area (TPSA) is 0 Å². The minimum atomic E-state index is -1.49. The molecule has 0 aliphatic rings. The Bertz CT molecular complexity index is 99.2. The SMILES string of the molecule is CCCC=C(C)[SiH](Cl)Cl. The first-order valence-corrected chi connectivity index (χ1v) is 7.20. The fraction of sp³-hybridized carbons (Fsp3) is 0.667. The van der Waals surface area contributed by atoms with Crippen molar-refractivity contribution in [2.24, 2.45) is 0 Å². The van der Waals surface area contributed by atoms with Crippen molar-refractivity contribution in [3.05, 3.63) is 11.3 Å². The lowest BCUT2D eigenvalue weighted by molar-refractivity contribution is 0.955. The monoisotopic (exact) mass is 182 g/mol. The van der Waals surface area contributed by atoms with Gasteiger partial charge in [-0.15, -0.1) is 22.2 Å². The van der Waals surface area contributed by atoms with Crippen LogP contribution in [0.4, 0.5) is 0 Å². The molecule has 0 aromatic carbocycles. The molecule has 9 heavy (non-hydrogen) atoms. The Kier molecular flexibility index (Phi) is 5.65. The molecule has 3 heteroatoms. The van der Waals surface area contributed by atoms with E-state index in [1.54, 1.807) is 0 Å². The molecule has 0 radical (unpaired) electrons. The van der Waals surface area contributed by atoms with Crippen molar-refractivity contribution >= 4 is 29.6 Å². The molecule has 0 aromatic rings. The number of unbranched alkanes of at least 4 members (excludes halogenated alkanes) is 1. The first-order valence-electron chi connectivity index (χ1n) is 3.13. The molecule has 0 saturated heterocycles. The van der Waals surface area contributed by atoms with Gasteiger partial charge in [0.2, 0.25) is 0 Å². The van der Waals surface area contributed by atoms with Crippen LogP contribution in [0.15, 0.2) is 11.3 Å². The Labute approximate surface area is 67.9 Å². The van der Waals surface area contributed by atoms with E-state index in [1.807, 2.05) is 6.92 Å². The van der Waals surface area contributed by atoms with Crippen LogP contribution in [0.5, 0.6) is 0 Å². The summed E-state index contributed by atoms with van der Waals surface area (Å²) in [4.78, 5) is 0. The summed E-state index contributed by atoms with van der Waals surface area (Å²) in [5.74, 6) is 0. The molecule has 0 aliphatic heterocycles. The number of hydrogen-bond donors (Lipinski definition) is 0. The van der Waals surface area contributed by atoms with Gasteiger partial charge in [0.1, 0.15) is 0 Å².